The normalized spacial score (nSPS) is 37.8. The number of ketones is 2. The molecule has 3 rings (SSSR count). The highest BCUT2D eigenvalue weighted by molar-refractivity contribution is 5.94. The van der Waals surface area contributed by atoms with E-state index in [1.165, 1.54) is 6.92 Å². The van der Waals surface area contributed by atoms with Crippen molar-refractivity contribution in [3.63, 3.8) is 0 Å². The van der Waals surface area contributed by atoms with Gasteiger partial charge in [-0.3, -0.25) is 14.4 Å². The molecule has 3 aliphatic carbocycles. The van der Waals surface area contributed by atoms with Crippen molar-refractivity contribution in [1.29, 1.82) is 0 Å². The van der Waals surface area contributed by atoms with E-state index in [4.69, 9.17) is 4.74 Å². The zero-order chi connectivity index (χ0) is 17.9. The zero-order valence-electron chi connectivity index (χ0n) is 15.2. The topological polar surface area (TPSA) is 60.4 Å². The molecule has 0 radical (unpaired) electrons. The maximum Gasteiger partial charge on any atom is 0.302 e. The summed E-state index contributed by atoms with van der Waals surface area (Å²) in [6.45, 7) is 9.58. The molecule has 0 N–H and O–H groups in total. The minimum absolute atomic E-state index is 0.00547. The minimum Gasteiger partial charge on any atom is -0.461 e. The van der Waals surface area contributed by atoms with E-state index in [9.17, 15) is 14.4 Å². The molecule has 1 fully saturated rings. The van der Waals surface area contributed by atoms with Crippen molar-refractivity contribution in [2.75, 3.05) is 0 Å². The third kappa shape index (κ3) is 2.22. The second-order valence-electron chi connectivity index (χ2n) is 8.45. The van der Waals surface area contributed by atoms with E-state index in [1.807, 2.05) is 13.8 Å². The number of hydrogen-bond donors (Lipinski definition) is 0. The summed E-state index contributed by atoms with van der Waals surface area (Å²) >= 11 is 0. The highest BCUT2D eigenvalue weighted by Crippen LogP contribution is 2.62. The van der Waals surface area contributed by atoms with Crippen molar-refractivity contribution in [3.8, 4) is 0 Å². The molecular formula is C20H26O4. The summed E-state index contributed by atoms with van der Waals surface area (Å²) in [4.78, 5) is 36.3. The van der Waals surface area contributed by atoms with Gasteiger partial charge in [-0.1, -0.05) is 25.5 Å². The van der Waals surface area contributed by atoms with Crippen LogP contribution in [0.5, 0.6) is 0 Å². The number of carbonyl (C=O) groups is 3. The van der Waals surface area contributed by atoms with E-state index in [1.54, 1.807) is 6.08 Å². The van der Waals surface area contributed by atoms with Crippen LogP contribution in [0.4, 0.5) is 0 Å². The summed E-state index contributed by atoms with van der Waals surface area (Å²) in [6.07, 6.45) is 5.65. The van der Waals surface area contributed by atoms with Gasteiger partial charge in [0.1, 0.15) is 11.9 Å². The third-order valence-electron chi connectivity index (χ3n) is 6.47. The van der Waals surface area contributed by atoms with Gasteiger partial charge >= 0.3 is 5.97 Å². The maximum absolute atomic E-state index is 12.4. The lowest BCUT2D eigenvalue weighted by atomic mass is 9.48. The smallest absolute Gasteiger partial charge is 0.302 e. The third-order valence-corrected chi connectivity index (χ3v) is 6.47. The number of esters is 1. The molecule has 3 atom stereocenters. The molecule has 0 amide bonds. The summed E-state index contributed by atoms with van der Waals surface area (Å²) in [5.74, 6) is -0.0886. The van der Waals surface area contributed by atoms with Crippen LogP contribution < -0.4 is 0 Å². The van der Waals surface area contributed by atoms with Crippen LogP contribution in [0.1, 0.15) is 60.3 Å². The molecule has 0 aromatic rings. The van der Waals surface area contributed by atoms with Crippen molar-refractivity contribution >= 4 is 17.5 Å². The average Bonchev–Trinajstić information content (AvgIpc) is 2.45. The maximum atomic E-state index is 12.4. The van der Waals surface area contributed by atoms with E-state index in [2.05, 4.69) is 19.9 Å². The van der Waals surface area contributed by atoms with Crippen LogP contribution in [0.3, 0.4) is 0 Å². The first-order chi connectivity index (χ1) is 11.0. The first-order valence-electron chi connectivity index (χ1n) is 8.69. The van der Waals surface area contributed by atoms with Gasteiger partial charge in [-0.2, -0.15) is 0 Å². The summed E-state index contributed by atoms with van der Waals surface area (Å²) in [5.41, 5.74) is 0.946. The molecule has 2 unspecified atom stereocenters. The Hall–Kier alpha value is -1.71. The molecule has 0 aliphatic heterocycles. The Balaban J connectivity index is 2.15. The average molecular weight is 330 g/mol. The SMILES string of the molecule is CC(=O)O[C@@H]1CC(=O)C=C2C3(C)CCC(=O)C(C)(C)C3=CCC21C. The van der Waals surface area contributed by atoms with Gasteiger partial charge in [0.05, 0.1) is 0 Å². The van der Waals surface area contributed by atoms with Crippen molar-refractivity contribution < 1.29 is 19.1 Å². The molecule has 24 heavy (non-hydrogen) atoms. The predicted octanol–water partition coefficient (Wildman–Crippen LogP) is 3.55. The van der Waals surface area contributed by atoms with E-state index in [0.717, 1.165) is 11.1 Å². The van der Waals surface area contributed by atoms with E-state index in [-0.39, 0.29) is 34.8 Å². The summed E-state index contributed by atoms with van der Waals surface area (Å²) in [5, 5.41) is 0. The van der Waals surface area contributed by atoms with Gasteiger partial charge in [-0.25, -0.2) is 0 Å². The molecule has 0 aromatic carbocycles. The fourth-order valence-electron chi connectivity index (χ4n) is 5.09. The molecule has 130 valence electrons. The summed E-state index contributed by atoms with van der Waals surface area (Å²) in [6, 6.07) is 0. The van der Waals surface area contributed by atoms with Crippen LogP contribution in [-0.2, 0) is 19.1 Å². The lowest BCUT2D eigenvalue weighted by Gasteiger charge is -2.56. The number of carbonyl (C=O) groups excluding carboxylic acids is 3. The molecule has 0 saturated heterocycles. The zero-order valence-corrected chi connectivity index (χ0v) is 15.2. The van der Waals surface area contributed by atoms with Gasteiger partial charge in [0, 0.05) is 36.0 Å². The number of allylic oxidation sites excluding steroid dienone is 3. The van der Waals surface area contributed by atoms with Gasteiger partial charge in [0.25, 0.3) is 0 Å². The van der Waals surface area contributed by atoms with Crippen LogP contribution >= 0.6 is 0 Å². The monoisotopic (exact) mass is 330 g/mol. The lowest BCUT2D eigenvalue weighted by molar-refractivity contribution is -0.154. The largest absolute Gasteiger partial charge is 0.461 e. The minimum atomic E-state index is -0.507. The lowest BCUT2D eigenvalue weighted by Crippen LogP contribution is -2.53. The van der Waals surface area contributed by atoms with Gasteiger partial charge < -0.3 is 4.74 Å². The number of hydrogen-bond acceptors (Lipinski definition) is 4. The number of ether oxygens (including phenoxy) is 1. The van der Waals surface area contributed by atoms with Crippen LogP contribution in [0, 0.1) is 16.2 Å². The standard InChI is InChI=1S/C20H26O4/c1-12(21)24-17-11-13(22)10-15-19(4)9-7-16(23)18(2,3)14(19)6-8-20(15,17)5/h6,10,17H,7-9,11H2,1-5H3/t17-,19?,20?/m1/s1. The second-order valence-corrected chi connectivity index (χ2v) is 8.45. The number of Topliss-reactive ketones (excluding diaryl/α,β-unsaturated/α-hetero) is 1. The molecule has 0 bridgehead atoms. The molecular weight excluding hydrogens is 304 g/mol. The van der Waals surface area contributed by atoms with Crippen LogP contribution in [-0.4, -0.2) is 23.6 Å². The number of fused-ring (bicyclic) bond motifs is 3. The second kappa shape index (κ2) is 5.14. The summed E-state index contributed by atoms with van der Waals surface area (Å²) < 4.78 is 5.54. The molecule has 1 saturated carbocycles. The highest BCUT2D eigenvalue weighted by Gasteiger charge is 2.57. The van der Waals surface area contributed by atoms with Gasteiger partial charge in [-0.05, 0) is 38.3 Å². The Bertz CT molecular complexity index is 696. The van der Waals surface area contributed by atoms with Crippen LogP contribution in [0.2, 0.25) is 0 Å². The Labute approximate surface area is 143 Å². The van der Waals surface area contributed by atoms with Crippen LogP contribution in [0.25, 0.3) is 0 Å². The number of rotatable bonds is 1. The Morgan fingerprint density at radius 1 is 1.17 bits per heavy atom. The highest BCUT2D eigenvalue weighted by atomic mass is 16.5. The van der Waals surface area contributed by atoms with Crippen LogP contribution in [0.15, 0.2) is 23.3 Å². The first-order valence-corrected chi connectivity index (χ1v) is 8.69. The van der Waals surface area contributed by atoms with Crippen molar-refractivity contribution in [2.45, 2.75) is 66.4 Å². The van der Waals surface area contributed by atoms with Gasteiger partial charge in [-0.15, -0.1) is 0 Å². The molecule has 0 aromatic heterocycles. The van der Waals surface area contributed by atoms with E-state index < -0.39 is 11.5 Å². The molecule has 0 heterocycles. The fraction of sp³-hybridized carbons (Fsp3) is 0.650. The van der Waals surface area contributed by atoms with Gasteiger partial charge in [0.15, 0.2) is 5.78 Å². The molecule has 4 heteroatoms. The van der Waals surface area contributed by atoms with Crippen molar-refractivity contribution in [2.24, 2.45) is 16.2 Å². The Morgan fingerprint density at radius 3 is 2.46 bits per heavy atom. The predicted molar refractivity (Wildman–Crippen MR) is 90.2 cm³/mol. The molecule has 0 spiro atoms. The fourth-order valence-corrected chi connectivity index (χ4v) is 5.09. The van der Waals surface area contributed by atoms with Crippen molar-refractivity contribution in [1.82, 2.24) is 0 Å². The quantitative estimate of drug-likeness (QED) is 0.545. The Kier molecular flexibility index (Phi) is 3.67. The van der Waals surface area contributed by atoms with Gasteiger partial charge in [0.2, 0.25) is 0 Å². The molecule has 4 nitrogen and oxygen atoms in total. The van der Waals surface area contributed by atoms with Crippen molar-refractivity contribution in [3.05, 3.63) is 23.3 Å². The van der Waals surface area contributed by atoms with E-state index >= 15 is 0 Å². The summed E-state index contributed by atoms with van der Waals surface area (Å²) in [7, 11) is 0. The Morgan fingerprint density at radius 2 is 1.83 bits per heavy atom. The first kappa shape index (κ1) is 17.1. The van der Waals surface area contributed by atoms with E-state index in [0.29, 0.717) is 19.3 Å². The molecule has 3 aliphatic rings.